The summed E-state index contributed by atoms with van der Waals surface area (Å²) in [7, 11) is -3.73. The predicted octanol–water partition coefficient (Wildman–Crippen LogP) is 1.80. The van der Waals surface area contributed by atoms with Crippen molar-refractivity contribution in [3.8, 4) is 0 Å². The van der Waals surface area contributed by atoms with Crippen molar-refractivity contribution in [1.82, 2.24) is 15.3 Å². The highest BCUT2D eigenvalue weighted by Crippen LogP contribution is 2.15. The number of nitrogens with one attached hydrogen (secondary N) is 2. The number of nitrogens with zero attached hydrogens (tertiary/aromatic N) is 2. The Hall–Kier alpha value is -3.30. The number of benzene rings is 2. The summed E-state index contributed by atoms with van der Waals surface area (Å²) in [6.45, 7) is 0.253. The number of hydrogen-bond acceptors (Lipinski definition) is 6. The van der Waals surface area contributed by atoms with Gasteiger partial charge >= 0.3 is 0 Å². The Kier molecular flexibility index (Phi) is 5.43. The van der Waals surface area contributed by atoms with Crippen molar-refractivity contribution in [3.63, 3.8) is 0 Å². The first kappa shape index (κ1) is 18.5. The van der Waals surface area contributed by atoms with Crippen LogP contribution in [0.3, 0.4) is 0 Å². The molecule has 0 unspecified atom stereocenters. The van der Waals surface area contributed by atoms with E-state index in [1.54, 1.807) is 54.9 Å². The van der Waals surface area contributed by atoms with E-state index in [-0.39, 0.29) is 17.3 Å². The minimum absolute atomic E-state index is 0.0273. The van der Waals surface area contributed by atoms with Gasteiger partial charge in [0, 0.05) is 30.2 Å². The fourth-order valence-electron chi connectivity index (χ4n) is 2.31. The van der Waals surface area contributed by atoms with E-state index < -0.39 is 10.0 Å². The summed E-state index contributed by atoms with van der Waals surface area (Å²) in [5.41, 5.74) is 1.91. The van der Waals surface area contributed by atoms with Crippen LogP contribution in [0.15, 0.2) is 71.9 Å². The van der Waals surface area contributed by atoms with Crippen molar-refractivity contribution in [2.24, 2.45) is 5.14 Å². The molecule has 1 aromatic heterocycles. The lowest BCUT2D eigenvalue weighted by Gasteiger charge is -2.08. The van der Waals surface area contributed by atoms with Crippen molar-refractivity contribution in [1.29, 1.82) is 0 Å². The van der Waals surface area contributed by atoms with Gasteiger partial charge in [0.05, 0.1) is 4.90 Å². The second-order valence-corrected chi connectivity index (χ2v) is 7.21. The topological polar surface area (TPSA) is 127 Å². The van der Waals surface area contributed by atoms with Gasteiger partial charge in [-0.15, -0.1) is 0 Å². The van der Waals surface area contributed by atoms with Crippen molar-refractivity contribution < 1.29 is 13.2 Å². The minimum Gasteiger partial charge on any atom is -0.348 e. The van der Waals surface area contributed by atoms with Gasteiger partial charge in [-0.25, -0.2) is 23.5 Å². The molecule has 1 heterocycles. The quantitative estimate of drug-likeness (QED) is 0.596. The molecule has 3 aromatic rings. The summed E-state index contributed by atoms with van der Waals surface area (Å²) in [6, 6.07) is 14.7. The second-order valence-electron chi connectivity index (χ2n) is 5.65. The third-order valence-corrected chi connectivity index (χ3v) is 4.58. The normalized spacial score (nSPS) is 11.0. The summed E-state index contributed by atoms with van der Waals surface area (Å²) in [6.07, 6.45) is 3.24. The number of hydrogen-bond donors (Lipinski definition) is 3. The number of nitrogens with two attached hydrogens (primary N) is 1. The molecular weight excluding hydrogens is 366 g/mol. The molecule has 8 nitrogen and oxygen atoms in total. The highest BCUT2D eigenvalue weighted by Gasteiger charge is 2.09. The molecule has 4 N–H and O–H groups in total. The summed E-state index contributed by atoms with van der Waals surface area (Å²) in [5, 5.41) is 10.9. The van der Waals surface area contributed by atoms with Gasteiger partial charge in [-0.1, -0.05) is 18.2 Å². The third-order valence-electron chi connectivity index (χ3n) is 3.65. The molecule has 0 spiro atoms. The molecule has 0 fully saturated rings. The van der Waals surface area contributed by atoms with E-state index in [0.29, 0.717) is 17.2 Å². The van der Waals surface area contributed by atoms with Crippen molar-refractivity contribution in [2.75, 3.05) is 5.32 Å². The largest absolute Gasteiger partial charge is 0.348 e. The third kappa shape index (κ3) is 5.09. The maximum Gasteiger partial charge on any atom is 0.251 e. The van der Waals surface area contributed by atoms with Gasteiger partial charge in [0.15, 0.2) is 0 Å². The summed E-state index contributed by atoms with van der Waals surface area (Å²) in [4.78, 5) is 20.5. The molecule has 0 saturated heterocycles. The van der Waals surface area contributed by atoms with E-state index in [9.17, 15) is 13.2 Å². The maximum atomic E-state index is 12.4. The van der Waals surface area contributed by atoms with Gasteiger partial charge in [0.2, 0.25) is 16.0 Å². The van der Waals surface area contributed by atoms with E-state index in [0.717, 1.165) is 5.56 Å². The van der Waals surface area contributed by atoms with Crippen LogP contribution < -0.4 is 15.8 Å². The SMILES string of the molecule is NS(=O)(=O)c1ccc(CNC(=O)c2cccc(Nc3ncccn3)c2)cc1. The van der Waals surface area contributed by atoms with Crippen LogP contribution in [-0.4, -0.2) is 24.3 Å². The highest BCUT2D eigenvalue weighted by atomic mass is 32.2. The van der Waals surface area contributed by atoms with Gasteiger partial charge in [-0.05, 0) is 42.0 Å². The second kappa shape index (κ2) is 7.94. The predicted molar refractivity (Wildman–Crippen MR) is 101 cm³/mol. The van der Waals surface area contributed by atoms with Crippen molar-refractivity contribution in [3.05, 3.63) is 78.1 Å². The molecule has 1 amide bonds. The Morgan fingerprint density at radius 2 is 1.70 bits per heavy atom. The minimum atomic E-state index is -3.73. The lowest BCUT2D eigenvalue weighted by atomic mass is 10.1. The van der Waals surface area contributed by atoms with Gasteiger partial charge in [0.25, 0.3) is 5.91 Å². The number of anilines is 2. The fraction of sp³-hybridized carbons (Fsp3) is 0.0556. The Bertz CT molecular complexity index is 1040. The zero-order valence-electron chi connectivity index (χ0n) is 14.2. The number of primary sulfonamides is 1. The number of amides is 1. The van der Waals surface area contributed by atoms with Gasteiger partial charge in [0.1, 0.15) is 0 Å². The van der Waals surface area contributed by atoms with Crippen LogP contribution in [0.25, 0.3) is 0 Å². The van der Waals surface area contributed by atoms with Crippen molar-refractivity contribution >= 4 is 27.6 Å². The molecule has 0 saturated carbocycles. The first-order chi connectivity index (χ1) is 12.9. The first-order valence-electron chi connectivity index (χ1n) is 7.96. The molecule has 27 heavy (non-hydrogen) atoms. The van der Waals surface area contributed by atoms with Crippen LogP contribution in [0.4, 0.5) is 11.6 Å². The Morgan fingerprint density at radius 3 is 2.37 bits per heavy atom. The Morgan fingerprint density at radius 1 is 1.00 bits per heavy atom. The van der Waals surface area contributed by atoms with E-state index >= 15 is 0 Å². The summed E-state index contributed by atoms with van der Waals surface area (Å²) in [5.74, 6) is 0.174. The van der Waals surface area contributed by atoms with Gasteiger partial charge in [-0.2, -0.15) is 0 Å². The van der Waals surface area contributed by atoms with E-state index in [1.165, 1.54) is 12.1 Å². The molecule has 0 bridgehead atoms. The van der Waals surface area contributed by atoms with Crippen LogP contribution in [0, 0.1) is 0 Å². The number of rotatable bonds is 6. The van der Waals surface area contributed by atoms with Crippen LogP contribution in [0.1, 0.15) is 15.9 Å². The molecule has 0 aliphatic carbocycles. The van der Waals surface area contributed by atoms with Crippen LogP contribution in [-0.2, 0) is 16.6 Å². The van der Waals surface area contributed by atoms with Crippen molar-refractivity contribution in [2.45, 2.75) is 11.4 Å². The number of carbonyl (C=O) groups excluding carboxylic acids is 1. The first-order valence-corrected chi connectivity index (χ1v) is 9.50. The molecule has 0 aliphatic rings. The molecule has 0 aliphatic heterocycles. The number of sulfonamides is 1. The van der Waals surface area contributed by atoms with Crippen LogP contribution >= 0.6 is 0 Å². The average molecular weight is 383 g/mol. The van der Waals surface area contributed by atoms with E-state index in [1.807, 2.05) is 0 Å². The zero-order valence-corrected chi connectivity index (χ0v) is 15.0. The zero-order chi connectivity index (χ0) is 19.3. The molecule has 0 atom stereocenters. The molecule has 2 aromatic carbocycles. The number of aromatic nitrogens is 2. The lowest BCUT2D eigenvalue weighted by molar-refractivity contribution is 0.0951. The molecule has 0 radical (unpaired) electrons. The van der Waals surface area contributed by atoms with Crippen LogP contribution in [0.5, 0.6) is 0 Å². The average Bonchev–Trinajstić information content (AvgIpc) is 2.67. The smallest absolute Gasteiger partial charge is 0.251 e. The molecule has 9 heteroatoms. The summed E-state index contributed by atoms with van der Waals surface area (Å²) < 4.78 is 22.5. The molecular formula is C18H17N5O3S. The van der Waals surface area contributed by atoms with E-state index in [4.69, 9.17) is 5.14 Å². The highest BCUT2D eigenvalue weighted by molar-refractivity contribution is 7.89. The lowest BCUT2D eigenvalue weighted by Crippen LogP contribution is -2.23. The molecule has 3 rings (SSSR count). The van der Waals surface area contributed by atoms with E-state index in [2.05, 4.69) is 20.6 Å². The standard InChI is InChI=1S/C18H17N5O3S/c19-27(25,26)16-7-5-13(6-8-16)12-22-17(24)14-3-1-4-15(11-14)23-18-20-9-2-10-21-18/h1-11H,12H2,(H,22,24)(H2,19,25,26)(H,20,21,23). The van der Waals surface area contributed by atoms with Crippen LogP contribution in [0.2, 0.25) is 0 Å². The summed E-state index contributed by atoms with van der Waals surface area (Å²) >= 11 is 0. The Labute approximate surface area is 156 Å². The van der Waals surface area contributed by atoms with Gasteiger partial charge < -0.3 is 10.6 Å². The van der Waals surface area contributed by atoms with Gasteiger partial charge in [-0.3, -0.25) is 4.79 Å². The monoisotopic (exact) mass is 383 g/mol. The fourth-order valence-corrected chi connectivity index (χ4v) is 2.83. The number of carbonyl (C=O) groups is 1. The molecule has 138 valence electrons. The maximum absolute atomic E-state index is 12.4. The Balaban J connectivity index is 1.63.